The van der Waals surface area contributed by atoms with E-state index in [1.165, 1.54) is 5.56 Å². The van der Waals surface area contributed by atoms with E-state index in [0.29, 0.717) is 0 Å². The van der Waals surface area contributed by atoms with Crippen LogP contribution in [-0.4, -0.2) is 45.7 Å². The van der Waals surface area contributed by atoms with Crippen LogP contribution in [0.15, 0.2) is 61.1 Å². The fourth-order valence-electron chi connectivity index (χ4n) is 3.65. The van der Waals surface area contributed by atoms with Gasteiger partial charge in [-0.1, -0.05) is 18.2 Å². The molecule has 27 heavy (non-hydrogen) atoms. The molecule has 5 rings (SSSR count). The third-order valence-electron chi connectivity index (χ3n) is 5.02. The lowest BCUT2D eigenvalue weighted by Crippen LogP contribution is -2.35. The second-order valence-electron chi connectivity index (χ2n) is 6.67. The number of aromatic nitrogens is 3. The highest BCUT2D eigenvalue weighted by Gasteiger charge is 2.14. The minimum absolute atomic E-state index is 0. The number of rotatable bonds is 3. The Balaban J connectivity index is 0.00000180. The Morgan fingerprint density at radius 1 is 0.963 bits per heavy atom. The third-order valence-corrected chi connectivity index (χ3v) is 5.02. The number of hydrogen-bond acceptors (Lipinski definition) is 4. The maximum absolute atomic E-state index is 5.46. The van der Waals surface area contributed by atoms with E-state index >= 15 is 0 Å². The molecule has 0 amide bonds. The summed E-state index contributed by atoms with van der Waals surface area (Å²) in [6, 6.07) is 16.8. The molecule has 1 saturated heterocycles. The van der Waals surface area contributed by atoms with Crippen molar-refractivity contribution >= 4 is 34.3 Å². The van der Waals surface area contributed by atoms with Gasteiger partial charge in [-0.3, -0.25) is 14.5 Å². The second kappa shape index (κ2) is 7.64. The first-order chi connectivity index (χ1) is 12.9. The average molecular weight is 381 g/mol. The Morgan fingerprint density at radius 2 is 1.85 bits per heavy atom. The number of fused-ring (bicyclic) bond motifs is 2. The number of morpholine rings is 1. The number of ether oxygens (including phenoxy) is 1. The van der Waals surface area contributed by atoms with Gasteiger partial charge in [0.1, 0.15) is 6.33 Å². The molecule has 6 heteroatoms. The molecule has 0 saturated carbocycles. The molecule has 5 nitrogen and oxygen atoms in total. The van der Waals surface area contributed by atoms with Gasteiger partial charge in [0, 0.05) is 36.9 Å². The molecule has 0 N–H and O–H groups in total. The van der Waals surface area contributed by atoms with E-state index in [1.54, 1.807) is 0 Å². The Hall–Kier alpha value is -2.47. The van der Waals surface area contributed by atoms with Crippen LogP contribution in [0.5, 0.6) is 0 Å². The Kier molecular flexibility index (Phi) is 5.07. The van der Waals surface area contributed by atoms with Crippen LogP contribution in [0, 0.1) is 0 Å². The number of para-hydroxylation sites is 1. The number of nitrogens with zero attached hydrogens (tertiary/aromatic N) is 4. The zero-order valence-electron chi connectivity index (χ0n) is 14.9. The first-order valence-corrected chi connectivity index (χ1v) is 8.99. The standard InChI is InChI=1S/C21H20N4O.ClH/c1-3-17(14-24-9-11-26-12-10-24)21-20(5-1)25(15-23-21)18-6-7-19-16(13-18)4-2-8-22-19;/h1-8,13,15H,9-12,14H2;1H. The SMILES string of the molecule is Cl.c1cnc2ccc(-n3cnc4c(CN5CCOCC5)cccc43)cc2c1. The van der Waals surface area contributed by atoms with Crippen LogP contribution in [0.3, 0.4) is 0 Å². The number of halogens is 1. The van der Waals surface area contributed by atoms with Crippen LogP contribution in [0.25, 0.3) is 27.6 Å². The summed E-state index contributed by atoms with van der Waals surface area (Å²) in [5.41, 5.74) is 5.60. The maximum Gasteiger partial charge on any atom is 0.100 e. The molecule has 1 aliphatic rings. The van der Waals surface area contributed by atoms with Crippen molar-refractivity contribution in [3.63, 3.8) is 0 Å². The fraction of sp³-hybridized carbons (Fsp3) is 0.238. The predicted molar refractivity (Wildman–Crippen MR) is 110 cm³/mol. The molecule has 0 spiro atoms. The Labute approximate surface area is 164 Å². The summed E-state index contributed by atoms with van der Waals surface area (Å²) >= 11 is 0. The molecule has 0 aliphatic carbocycles. The molecule has 3 heterocycles. The van der Waals surface area contributed by atoms with Crippen LogP contribution < -0.4 is 0 Å². The van der Waals surface area contributed by atoms with Crippen molar-refractivity contribution in [2.75, 3.05) is 26.3 Å². The quantitative estimate of drug-likeness (QED) is 0.541. The number of hydrogen-bond donors (Lipinski definition) is 0. The summed E-state index contributed by atoms with van der Waals surface area (Å²) in [5.74, 6) is 0. The zero-order chi connectivity index (χ0) is 17.3. The monoisotopic (exact) mass is 380 g/mol. The van der Waals surface area contributed by atoms with E-state index in [-0.39, 0.29) is 12.4 Å². The molecular formula is C21H21ClN4O. The topological polar surface area (TPSA) is 43.2 Å². The first kappa shape index (κ1) is 17.9. The molecule has 2 aromatic carbocycles. The molecule has 0 unspecified atom stereocenters. The first-order valence-electron chi connectivity index (χ1n) is 8.99. The van der Waals surface area contributed by atoms with Crippen LogP contribution in [0.1, 0.15) is 5.56 Å². The third kappa shape index (κ3) is 3.41. The summed E-state index contributed by atoms with van der Waals surface area (Å²) in [4.78, 5) is 11.6. The molecule has 1 aliphatic heterocycles. The van der Waals surface area contributed by atoms with Crippen molar-refractivity contribution in [3.8, 4) is 5.69 Å². The highest BCUT2D eigenvalue weighted by Crippen LogP contribution is 2.24. The second-order valence-corrected chi connectivity index (χ2v) is 6.67. The van der Waals surface area contributed by atoms with E-state index in [1.807, 2.05) is 18.6 Å². The van der Waals surface area contributed by atoms with Crippen molar-refractivity contribution < 1.29 is 4.74 Å². The van der Waals surface area contributed by atoms with Gasteiger partial charge in [-0.15, -0.1) is 12.4 Å². The lowest BCUT2D eigenvalue weighted by molar-refractivity contribution is 0.0343. The maximum atomic E-state index is 5.46. The minimum Gasteiger partial charge on any atom is -0.379 e. The van der Waals surface area contributed by atoms with Gasteiger partial charge >= 0.3 is 0 Å². The van der Waals surface area contributed by atoms with E-state index in [4.69, 9.17) is 9.72 Å². The van der Waals surface area contributed by atoms with Gasteiger partial charge in [0.25, 0.3) is 0 Å². The van der Waals surface area contributed by atoms with Crippen molar-refractivity contribution in [1.82, 2.24) is 19.4 Å². The van der Waals surface area contributed by atoms with Crippen LogP contribution in [0.4, 0.5) is 0 Å². The van der Waals surface area contributed by atoms with Crippen molar-refractivity contribution in [2.24, 2.45) is 0 Å². The number of pyridine rings is 1. The molecule has 0 radical (unpaired) electrons. The molecule has 0 atom stereocenters. The van der Waals surface area contributed by atoms with Gasteiger partial charge in [-0.05, 0) is 35.9 Å². The molecular weight excluding hydrogens is 360 g/mol. The molecule has 4 aromatic rings. The number of benzene rings is 2. The largest absolute Gasteiger partial charge is 0.379 e. The highest BCUT2D eigenvalue weighted by molar-refractivity contribution is 5.85. The highest BCUT2D eigenvalue weighted by atomic mass is 35.5. The lowest BCUT2D eigenvalue weighted by atomic mass is 10.1. The summed E-state index contributed by atoms with van der Waals surface area (Å²) in [6.45, 7) is 4.51. The van der Waals surface area contributed by atoms with E-state index in [9.17, 15) is 0 Å². The molecule has 2 aromatic heterocycles. The van der Waals surface area contributed by atoms with Gasteiger partial charge < -0.3 is 4.74 Å². The molecule has 1 fully saturated rings. The summed E-state index contributed by atoms with van der Waals surface area (Å²) in [6.07, 6.45) is 3.75. The summed E-state index contributed by atoms with van der Waals surface area (Å²) < 4.78 is 7.61. The summed E-state index contributed by atoms with van der Waals surface area (Å²) in [7, 11) is 0. The molecule has 138 valence electrons. The summed E-state index contributed by atoms with van der Waals surface area (Å²) in [5, 5.41) is 1.14. The van der Waals surface area contributed by atoms with E-state index < -0.39 is 0 Å². The molecule has 0 bridgehead atoms. The van der Waals surface area contributed by atoms with Gasteiger partial charge in [-0.2, -0.15) is 0 Å². The van der Waals surface area contributed by atoms with Gasteiger partial charge in [-0.25, -0.2) is 4.98 Å². The van der Waals surface area contributed by atoms with Crippen molar-refractivity contribution in [2.45, 2.75) is 6.54 Å². The zero-order valence-corrected chi connectivity index (χ0v) is 15.7. The minimum atomic E-state index is 0. The van der Waals surface area contributed by atoms with Crippen molar-refractivity contribution in [3.05, 3.63) is 66.6 Å². The smallest absolute Gasteiger partial charge is 0.100 e. The lowest BCUT2D eigenvalue weighted by Gasteiger charge is -2.26. The van der Waals surface area contributed by atoms with Gasteiger partial charge in [0.2, 0.25) is 0 Å². The van der Waals surface area contributed by atoms with Gasteiger partial charge in [0.15, 0.2) is 0 Å². The van der Waals surface area contributed by atoms with E-state index in [2.05, 4.69) is 56.9 Å². The van der Waals surface area contributed by atoms with Gasteiger partial charge in [0.05, 0.1) is 29.8 Å². The van der Waals surface area contributed by atoms with Crippen LogP contribution in [0.2, 0.25) is 0 Å². The predicted octanol–water partition coefficient (Wildman–Crippen LogP) is 3.83. The fourth-order valence-corrected chi connectivity index (χ4v) is 3.65. The Morgan fingerprint density at radius 3 is 2.74 bits per heavy atom. The Bertz CT molecular complexity index is 1070. The van der Waals surface area contributed by atoms with E-state index in [0.717, 1.165) is 60.5 Å². The van der Waals surface area contributed by atoms with Crippen LogP contribution in [-0.2, 0) is 11.3 Å². The van der Waals surface area contributed by atoms with Crippen molar-refractivity contribution in [1.29, 1.82) is 0 Å². The number of imidazole rings is 1. The normalized spacial score (nSPS) is 15.1. The average Bonchev–Trinajstić information content (AvgIpc) is 3.14. The van der Waals surface area contributed by atoms with Crippen LogP contribution >= 0.6 is 12.4 Å².